The number of fused-ring (bicyclic) bond motifs is 2. The normalized spacial score (nSPS) is 12.1. The number of hydrogen-bond acceptors (Lipinski definition) is 7. The van der Waals surface area contributed by atoms with Gasteiger partial charge in [-0.2, -0.15) is 0 Å². The van der Waals surface area contributed by atoms with Crippen LogP contribution >= 0.6 is 11.8 Å². The number of rotatable bonds is 8. The second-order valence-electron chi connectivity index (χ2n) is 8.06. The van der Waals surface area contributed by atoms with Gasteiger partial charge in [0.25, 0.3) is 0 Å². The lowest BCUT2D eigenvalue weighted by molar-refractivity contribution is 0.516. The fourth-order valence-corrected chi connectivity index (χ4v) is 4.65. The van der Waals surface area contributed by atoms with Crippen LogP contribution in [0.1, 0.15) is 39.3 Å². The molecule has 0 spiro atoms. The molecule has 158 valence electrons. The first kappa shape index (κ1) is 20.6. The standard InChI is InChI=1S/C21H28N8S/c1-13(2)11-23-8-10-29-19-16(18(22)24-12-25-19)27-21(29)30-20-17(14(3)4)28-9-6-5-7-15(28)26-20/h5-7,9,12-14,23H,8,10-11H2,1-4H3,(H2,22,24,25). The quantitative estimate of drug-likeness (QED) is 0.417. The van der Waals surface area contributed by atoms with E-state index in [4.69, 9.17) is 15.7 Å². The van der Waals surface area contributed by atoms with E-state index in [-0.39, 0.29) is 0 Å². The molecule has 0 radical (unpaired) electrons. The van der Waals surface area contributed by atoms with Crippen LogP contribution in [0.3, 0.4) is 0 Å². The number of anilines is 1. The third-order valence-electron chi connectivity index (χ3n) is 4.86. The maximum absolute atomic E-state index is 6.09. The van der Waals surface area contributed by atoms with Crippen molar-refractivity contribution >= 4 is 34.4 Å². The van der Waals surface area contributed by atoms with Crippen LogP contribution in [0.25, 0.3) is 16.8 Å². The highest BCUT2D eigenvalue weighted by Crippen LogP contribution is 2.35. The molecular weight excluding hydrogens is 396 g/mol. The van der Waals surface area contributed by atoms with Crippen molar-refractivity contribution in [3.8, 4) is 0 Å². The molecule has 9 heteroatoms. The molecule has 4 heterocycles. The lowest BCUT2D eigenvalue weighted by Gasteiger charge is -2.11. The van der Waals surface area contributed by atoms with Crippen molar-refractivity contribution in [3.63, 3.8) is 0 Å². The molecule has 0 aliphatic carbocycles. The van der Waals surface area contributed by atoms with E-state index < -0.39 is 0 Å². The molecule has 0 atom stereocenters. The van der Waals surface area contributed by atoms with E-state index in [0.29, 0.717) is 23.2 Å². The smallest absolute Gasteiger partial charge is 0.176 e. The third kappa shape index (κ3) is 3.99. The summed E-state index contributed by atoms with van der Waals surface area (Å²) in [5.41, 5.74) is 9.59. The number of nitrogens with one attached hydrogen (secondary N) is 1. The van der Waals surface area contributed by atoms with Crippen molar-refractivity contribution in [3.05, 3.63) is 36.4 Å². The molecule has 4 aromatic heterocycles. The highest BCUT2D eigenvalue weighted by atomic mass is 32.2. The number of nitrogens with two attached hydrogens (primary N) is 1. The van der Waals surface area contributed by atoms with E-state index in [1.54, 1.807) is 11.8 Å². The number of aromatic nitrogens is 6. The summed E-state index contributed by atoms with van der Waals surface area (Å²) in [5.74, 6) is 1.32. The number of hydrogen-bond donors (Lipinski definition) is 2. The van der Waals surface area contributed by atoms with Crippen molar-refractivity contribution in [2.45, 2.75) is 50.3 Å². The van der Waals surface area contributed by atoms with Gasteiger partial charge in [0.15, 0.2) is 22.1 Å². The predicted octanol–water partition coefficient (Wildman–Crippen LogP) is 3.58. The van der Waals surface area contributed by atoms with Crippen LogP contribution in [0.2, 0.25) is 0 Å². The van der Waals surface area contributed by atoms with E-state index in [2.05, 4.69) is 58.1 Å². The minimum absolute atomic E-state index is 0.320. The number of imidazole rings is 2. The molecular formula is C21H28N8S. The summed E-state index contributed by atoms with van der Waals surface area (Å²) in [4.78, 5) is 18.2. The Labute approximate surface area is 180 Å². The van der Waals surface area contributed by atoms with Crippen molar-refractivity contribution < 1.29 is 0 Å². The molecule has 30 heavy (non-hydrogen) atoms. The van der Waals surface area contributed by atoms with Crippen LogP contribution in [0.15, 0.2) is 40.9 Å². The zero-order valence-electron chi connectivity index (χ0n) is 17.8. The van der Waals surface area contributed by atoms with Crippen LogP contribution in [-0.4, -0.2) is 42.0 Å². The fourth-order valence-electron chi connectivity index (χ4n) is 3.47. The Balaban J connectivity index is 1.73. The van der Waals surface area contributed by atoms with Gasteiger partial charge in [-0.3, -0.25) is 0 Å². The van der Waals surface area contributed by atoms with Crippen molar-refractivity contribution in [1.82, 2.24) is 34.2 Å². The zero-order chi connectivity index (χ0) is 21.3. The summed E-state index contributed by atoms with van der Waals surface area (Å²) in [5, 5.41) is 5.27. The summed E-state index contributed by atoms with van der Waals surface area (Å²) in [6.07, 6.45) is 3.56. The molecule has 4 rings (SSSR count). The molecule has 0 saturated heterocycles. The molecule has 8 nitrogen and oxygen atoms in total. The SMILES string of the molecule is CC(C)CNCCn1c(Sc2nc3ccccn3c2C(C)C)nc2c(N)ncnc21. The average Bonchev–Trinajstić information content (AvgIpc) is 3.24. The average molecular weight is 425 g/mol. The Morgan fingerprint density at radius 2 is 1.97 bits per heavy atom. The first-order chi connectivity index (χ1) is 14.5. The summed E-state index contributed by atoms with van der Waals surface area (Å²) >= 11 is 1.56. The van der Waals surface area contributed by atoms with Crippen molar-refractivity contribution in [2.24, 2.45) is 5.92 Å². The van der Waals surface area contributed by atoms with Gasteiger partial charge in [-0.25, -0.2) is 19.9 Å². The van der Waals surface area contributed by atoms with E-state index in [9.17, 15) is 0 Å². The second-order valence-corrected chi connectivity index (χ2v) is 9.02. The van der Waals surface area contributed by atoms with Crippen LogP contribution in [0.4, 0.5) is 5.82 Å². The highest BCUT2D eigenvalue weighted by Gasteiger charge is 2.21. The summed E-state index contributed by atoms with van der Waals surface area (Å²) < 4.78 is 4.26. The first-order valence-corrected chi connectivity index (χ1v) is 11.1. The maximum atomic E-state index is 6.09. The number of pyridine rings is 1. The van der Waals surface area contributed by atoms with Gasteiger partial charge in [0.2, 0.25) is 0 Å². The highest BCUT2D eigenvalue weighted by molar-refractivity contribution is 7.99. The topological polar surface area (TPSA) is 99.0 Å². The molecule has 0 bridgehead atoms. The zero-order valence-corrected chi connectivity index (χ0v) is 18.6. The van der Waals surface area contributed by atoms with Gasteiger partial charge in [-0.15, -0.1) is 0 Å². The lowest BCUT2D eigenvalue weighted by atomic mass is 10.1. The maximum Gasteiger partial charge on any atom is 0.176 e. The minimum Gasteiger partial charge on any atom is -0.382 e. The summed E-state index contributed by atoms with van der Waals surface area (Å²) in [7, 11) is 0. The Morgan fingerprint density at radius 1 is 1.13 bits per heavy atom. The van der Waals surface area contributed by atoms with Crippen LogP contribution in [0.5, 0.6) is 0 Å². The molecule has 0 aliphatic rings. The second kappa shape index (κ2) is 8.61. The van der Waals surface area contributed by atoms with E-state index >= 15 is 0 Å². The molecule has 0 unspecified atom stereocenters. The van der Waals surface area contributed by atoms with Gasteiger partial charge in [-0.1, -0.05) is 33.8 Å². The molecule has 0 aliphatic heterocycles. The van der Waals surface area contributed by atoms with Crippen molar-refractivity contribution in [2.75, 3.05) is 18.8 Å². The molecule has 0 fully saturated rings. The Bertz CT molecular complexity index is 1160. The Morgan fingerprint density at radius 3 is 2.73 bits per heavy atom. The molecule has 0 saturated carbocycles. The minimum atomic E-state index is 0.320. The number of nitrogens with zero attached hydrogens (tertiary/aromatic N) is 6. The lowest BCUT2D eigenvalue weighted by Crippen LogP contribution is -2.24. The molecule has 4 aromatic rings. The monoisotopic (exact) mass is 424 g/mol. The first-order valence-electron chi connectivity index (χ1n) is 10.3. The Kier molecular flexibility index (Phi) is 5.92. The third-order valence-corrected chi connectivity index (χ3v) is 5.85. The van der Waals surface area contributed by atoms with E-state index in [1.165, 1.54) is 12.0 Å². The van der Waals surface area contributed by atoms with Crippen LogP contribution in [-0.2, 0) is 6.54 Å². The van der Waals surface area contributed by atoms with Gasteiger partial charge in [0, 0.05) is 19.3 Å². The summed E-state index contributed by atoms with van der Waals surface area (Å²) in [6.45, 7) is 11.3. The molecule has 0 amide bonds. The van der Waals surface area contributed by atoms with Gasteiger partial charge < -0.3 is 20.0 Å². The van der Waals surface area contributed by atoms with Crippen molar-refractivity contribution in [1.29, 1.82) is 0 Å². The molecule has 3 N–H and O–H groups in total. The Hall–Kier alpha value is -2.65. The van der Waals surface area contributed by atoms with Gasteiger partial charge in [0.1, 0.15) is 17.0 Å². The summed E-state index contributed by atoms with van der Waals surface area (Å²) in [6, 6.07) is 6.06. The molecule has 0 aromatic carbocycles. The van der Waals surface area contributed by atoms with Gasteiger partial charge in [-0.05, 0) is 42.3 Å². The van der Waals surface area contributed by atoms with Gasteiger partial charge in [0.05, 0.1) is 5.69 Å². The van der Waals surface area contributed by atoms with Crippen LogP contribution in [0, 0.1) is 5.92 Å². The van der Waals surface area contributed by atoms with Crippen LogP contribution < -0.4 is 11.1 Å². The predicted molar refractivity (Wildman–Crippen MR) is 121 cm³/mol. The van der Waals surface area contributed by atoms with E-state index in [1.807, 2.05) is 18.2 Å². The number of nitrogen functional groups attached to an aromatic ring is 1. The fraction of sp³-hybridized carbons (Fsp3) is 0.429. The van der Waals surface area contributed by atoms with E-state index in [0.717, 1.165) is 41.1 Å². The largest absolute Gasteiger partial charge is 0.382 e. The van der Waals surface area contributed by atoms with Gasteiger partial charge >= 0.3 is 0 Å².